The summed E-state index contributed by atoms with van der Waals surface area (Å²) in [6.07, 6.45) is 3.07. The monoisotopic (exact) mass is 251 g/mol. The number of hydrogen-bond acceptors (Lipinski definition) is 5. The lowest BCUT2D eigenvalue weighted by Gasteiger charge is -1.97. The van der Waals surface area contributed by atoms with Crippen molar-refractivity contribution in [1.82, 2.24) is 19.7 Å². The molecule has 1 aromatic carbocycles. The van der Waals surface area contributed by atoms with Crippen LogP contribution >= 0.6 is 0 Å². The molecule has 0 spiro atoms. The third-order valence-electron chi connectivity index (χ3n) is 2.62. The van der Waals surface area contributed by atoms with Crippen LogP contribution in [0, 0.1) is 11.3 Å². The number of rotatable bonds is 3. The zero-order valence-electron chi connectivity index (χ0n) is 9.89. The van der Waals surface area contributed by atoms with Crippen LogP contribution in [-0.4, -0.2) is 19.7 Å². The first-order valence-electron chi connectivity index (χ1n) is 5.64. The Hall–Kier alpha value is -2.94. The SMILES string of the molecule is N#Cc1nncn1Cc1coc(-c2ccccc2)n1. The summed E-state index contributed by atoms with van der Waals surface area (Å²) in [7, 11) is 0. The molecule has 92 valence electrons. The molecule has 0 bridgehead atoms. The van der Waals surface area contributed by atoms with Crippen molar-refractivity contribution in [2.45, 2.75) is 6.54 Å². The molecule has 0 aliphatic carbocycles. The second-order valence-electron chi connectivity index (χ2n) is 3.90. The molecule has 2 heterocycles. The first-order chi connectivity index (χ1) is 9.36. The molecule has 0 unspecified atom stereocenters. The molecule has 0 aliphatic heterocycles. The average Bonchev–Trinajstić information content (AvgIpc) is 3.09. The molecule has 3 aromatic rings. The van der Waals surface area contributed by atoms with Crippen molar-refractivity contribution >= 4 is 0 Å². The second-order valence-corrected chi connectivity index (χ2v) is 3.90. The molecule has 3 rings (SSSR count). The van der Waals surface area contributed by atoms with E-state index in [1.165, 1.54) is 6.33 Å². The lowest BCUT2D eigenvalue weighted by atomic mass is 10.2. The Labute approximate surface area is 109 Å². The van der Waals surface area contributed by atoms with Crippen LogP contribution in [-0.2, 0) is 6.54 Å². The Morgan fingerprint density at radius 3 is 2.89 bits per heavy atom. The van der Waals surface area contributed by atoms with Gasteiger partial charge in [-0.3, -0.25) is 4.57 Å². The predicted octanol–water partition coefficient (Wildman–Crippen LogP) is 1.85. The Bertz CT molecular complexity index is 723. The van der Waals surface area contributed by atoms with Gasteiger partial charge >= 0.3 is 0 Å². The smallest absolute Gasteiger partial charge is 0.235 e. The summed E-state index contributed by atoms with van der Waals surface area (Å²) in [6, 6.07) is 11.6. The van der Waals surface area contributed by atoms with Crippen molar-refractivity contribution in [3.63, 3.8) is 0 Å². The average molecular weight is 251 g/mol. The summed E-state index contributed by atoms with van der Waals surface area (Å²) in [5.74, 6) is 0.812. The summed E-state index contributed by atoms with van der Waals surface area (Å²) in [5.41, 5.74) is 1.63. The molecular weight excluding hydrogens is 242 g/mol. The van der Waals surface area contributed by atoms with Crippen LogP contribution in [0.2, 0.25) is 0 Å². The van der Waals surface area contributed by atoms with Crippen molar-refractivity contribution in [1.29, 1.82) is 5.26 Å². The van der Waals surface area contributed by atoms with Crippen LogP contribution in [0.4, 0.5) is 0 Å². The van der Waals surface area contributed by atoms with E-state index in [1.54, 1.807) is 10.8 Å². The molecule has 0 amide bonds. The van der Waals surface area contributed by atoms with Gasteiger partial charge < -0.3 is 4.42 Å². The lowest BCUT2D eigenvalue weighted by molar-refractivity contribution is 0.571. The van der Waals surface area contributed by atoms with Gasteiger partial charge in [0.05, 0.1) is 12.2 Å². The van der Waals surface area contributed by atoms with Gasteiger partial charge in [-0.05, 0) is 12.1 Å². The summed E-state index contributed by atoms with van der Waals surface area (Å²) < 4.78 is 7.04. The zero-order valence-corrected chi connectivity index (χ0v) is 9.89. The van der Waals surface area contributed by atoms with Crippen LogP contribution in [0.15, 0.2) is 47.3 Å². The van der Waals surface area contributed by atoms with Crippen molar-refractivity contribution in [3.8, 4) is 17.5 Å². The van der Waals surface area contributed by atoms with Gasteiger partial charge in [-0.1, -0.05) is 18.2 Å². The largest absolute Gasteiger partial charge is 0.444 e. The van der Waals surface area contributed by atoms with E-state index in [1.807, 2.05) is 36.4 Å². The standard InChI is InChI=1S/C13H9N5O/c14-6-12-17-15-9-18(12)7-11-8-19-13(16-11)10-4-2-1-3-5-10/h1-5,8-9H,7H2. The number of nitrogens with zero attached hydrogens (tertiary/aromatic N) is 5. The van der Waals surface area contributed by atoms with E-state index in [4.69, 9.17) is 9.68 Å². The topological polar surface area (TPSA) is 80.5 Å². The van der Waals surface area contributed by atoms with Crippen molar-refractivity contribution < 1.29 is 4.42 Å². The van der Waals surface area contributed by atoms with Gasteiger partial charge in [-0.15, -0.1) is 10.2 Å². The molecule has 0 saturated heterocycles. The highest BCUT2D eigenvalue weighted by Crippen LogP contribution is 2.18. The first kappa shape index (κ1) is 11.2. The van der Waals surface area contributed by atoms with Crippen LogP contribution in [0.25, 0.3) is 11.5 Å². The van der Waals surface area contributed by atoms with Crippen molar-refractivity contribution in [3.05, 3.63) is 54.4 Å². The fraction of sp³-hybridized carbons (Fsp3) is 0.0769. The highest BCUT2D eigenvalue weighted by atomic mass is 16.3. The van der Waals surface area contributed by atoms with Crippen LogP contribution in [0.1, 0.15) is 11.5 Å². The maximum Gasteiger partial charge on any atom is 0.235 e. The van der Waals surface area contributed by atoms with E-state index >= 15 is 0 Å². The minimum absolute atomic E-state index is 0.254. The van der Waals surface area contributed by atoms with E-state index < -0.39 is 0 Å². The molecule has 6 nitrogen and oxygen atoms in total. The van der Waals surface area contributed by atoms with E-state index in [0.717, 1.165) is 11.3 Å². The summed E-state index contributed by atoms with van der Waals surface area (Å²) in [6.45, 7) is 0.409. The minimum atomic E-state index is 0.254. The third kappa shape index (κ3) is 2.21. The number of aromatic nitrogens is 4. The second kappa shape index (κ2) is 4.74. The molecule has 0 fully saturated rings. The zero-order chi connectivity index (χ0) is 13.1. The van der Waals surface area contributed by atoms with Crippen LogP contribution < -0.4 is 0 Å². The molecule has 19 heavy (non-hydrogen) atoms. The molecule has 0 aliphatic rings. The Kier molecular flexibility index (Phi) is 2.79. The van der Waals surface area contributed by atoms with Crippen molar-refractivity contribution in [2.24, 2.45) is 0 Å². The quantitative estimate of drug-likeness (QED) is 0.709. The first-order valence-corrected chi connectivity index (χ1v) is 5.64. The lowest BCUT2D eigenvalue weighted by Crippen LogP contribution is -2.01. The molecule has 0 radical (unpaired) electrons. The molecule has 0 atom stereocenters. The predicted molar refractivity (Wildman–Crippen MR) is 65.8 cm³/mol. The van der Waals surface area contributed by atoms with Gasteiger partial charge in [0.1, 0.15) is 18.7 Å². The van der Waals surface area contributed by atoms with Gasteiger partial charge in [0.15, 0.2) is 0 Å². The number of oxazole rings is 1. The fourth-order valence-corrected chi connectivity index (χ4v) is 1.72. The van der Waals surface area contributed by atoms with E-state index in [-0.39, 0.29) is 5.82 Å². The minimum Gasteiger partial charge on any atom is -0.444 e. The third-order valence-corrected chi connectivity index (χ3v) is 2.62. The van der Waals surface area contributed by atoms with Gasteiger partial charge in [0.2, 0.25) is 11.7 Å². The van der Waals surface area contributed by atoms with E-state index in [0.29, 0.717) is 12.4 Å². The van der Waals surface area contributed by atoms with Gasteiger partial charge in [-0.25, -0.2) is 4.98 Å². The van der Waals surface area contributed by atoms with E-state index in [2.05, 4.69) is 15.2 Å². The Morgan fingerprint density at radius 1 is 1.26 bits per heavy atom. The molecule has 2 aromatic heterocycles. The fourth-order valence-electron chi connectivity index (χ4n) is 1.72. The molecular formula is C13H9N5O. The maximum absolute atomic E-state index is 8.85. The molecule has 0 saturated carbocycles. The number of hydrogen-bond donors (Lipinski definition) is 0. The summed E-state index contributed by atoms with van der Waals surface area (Å²) >= 11 is 0. The van der Waals surface area contributed by atoms with Crippen molar-refractivity contribution in [2.75, 3.05) is 0 Å². The summed E-state index contributed by atoms with van der Waals surface area (Å²) in [5, 5.41) is 16.2. The normalized spacial score (nSPS) is 10.3. The van der Waals surface area contributed by atoms with Gasteiger partial charge in [-0.2, -0.15) is 5.26 Å². The Morgan fingerprint density at radius 2 is 2.11 bits per heavy atom. The molecule has 6 heteroatoms. The highest BCUT2D eigenvalue weighted by Gasteiger charge is 2.09. The molecule has 0 N–H and O–H groups in total. The Balaban J connectivity index is 1.85. The maximum atomic E-state index is 8.85. The van der Waals surface area contributed by atoms with Gasteiger partial charge in [0.25, 0.3) is 0 Å². The highest BCUT2D eigenvalue weighted by molar-refractivity contribution is 5.52. The van der Waals surface area contributed by atoms with Crippen LogP contribution in [0.3, 0.4) is 0 Å². The number of benzene rings is 1. The summed E-state index contributed by atoms with van der Waals surface area (Å²) in [4.78, 5) is 4.38. The number of nitriles is 1. The van der Waals surface area contributed by atoms with Gasteiger partial charge in [0, 0.05) is 5.56 Å². The van der Waals surface area contributed by atoms with Crippen LogP contribution in [0.5, 0.6) is 0 Å². The van der Waals surface area contributed by atoms with E-state index in [9.17, 15) is 0 Å².